The lowest BCUT2D eigenvalue weighted by molar-refractivity contribution is -0.121. The number of anilines is 2. The van der Waals surface area contributed by atoms with Crippen LogP contribution in [-0.4, -0.2) is 69.1 Å². The van der Waals surface area contributed by atoms with E-state index in [-0.39, 0.29) is 18.0 Å². The molecule has 0 atom stereocenters. The molecule has 9 nitrogen and oxygen atoms in total. The van der Waals surface area contributed by atoms with Crippen LogP contribution in [-0.2, 0) is 11.2 Å². The van der Waals surface area contributed by atoms with Crippen molar-refractivity contribution in [2.24, 2.45) is 5.92 Å². The summed E-state index contributed by atoms with van der Waals surface area (Å²) in [5.74, 6) is 2.29. The second kappa shape index (κ2) is 12.8. The van der Waals surface area contributed by atoms with Crippen molar-refractivity contribution in [3.63, 3.8) is 0 Å². The summed E-state index contributed by atoms with van der Waals surface area (Å²) in [6.07, 6.45) is 10.7. The molecule has 4 aromatic rings. The van der Waals surface area contributed by atoms with Crippen molar-refractivity contribution in [3.8, 4) is 0 Å². The largest absolute Gasteiger partial charge is 0.353 e. The van der Waals surface area contributed by atoms with Gasteiger partial charge in [0, 0.05) is 24.3 Å². The molecule has 224 valence electrons. The van der Waals surface area contributed by atoms with Crippen LogP contribution in [0.5, 0.6) is 0 Å². The topological polar surface area (TPSA) is 100 Å². The van der Waals surface area contributed by atoms with Gasteiger partial charge in [0.05, 0.1) is 12.7 Å². The highest BCUT2D eigenvalue weighted by Gasteiger charge is 2.33. The number of carbonyl (C=O) groups excluding carboxylic acids is 1. The van der Waals surface area contributed by atoms with Crippen molar-refractivity contribution in [2.45, 2.75) is 62.9 Å². The van der Waals surface area contributed by atoms with E-state index in [1.54, 1.807) is 6.33 Å². The highest BCUT2D eigenvalue weighted by atomic mass is 16.1. The zero-order valence-electron chi connectivity index (χ0n) is 24.8. The SMILES string of the molecule is O=C(Cc1ccccc1)NC1CC(n2cnc3c(Nc4ccc(C5CCN(CC6CCNCC6)CC5)cc4)ncnc32)C1. The number of benzene rings is 2. The lowest BCUT2D eigenvalue weighted by atomic mass is 9.86. The summed E-state index contributed by atoms with van der Waals surface area (Å²) in [6, 6.07) is 19.2. The lowest BCUT2D eigenvalue weighted by Gasteiger charge is -2.36. The van der Waals surface area contributed by atoms with E-state index in [1.165, 1.54) is 64.0 Å². The second-order valence-electron chi connectivity index (χ2n) is 12.6. The van der Waals surface area contributed by atoms with Crippen molar-refractivity contribution >= 4 is 28.6 Å². The molecule has 3 fully saturated rings. The van der Waals surface area contributed by atoms with Crippen LogP contribution < -0.4 is 16.0 Å². The lowest BCUT2D eigenvalue weighted by Crippen LogP contribution is -2.45. The molecule has 2 aromatic carbocycles. The van der Waals surface area contributed by atoms with Crippen LogP contribution in [0, 0.1) is 5.92 Å². The molecule has 0 bridgehead atoms. The standard InChI is InChI=1S/C34H42N8O/c43-31(18-24-4-2-1-3-5-24)39-29-19-30(20-29)42-23-38-32-33(36-22-37-34(32)42)40-28-8-6-26(7-9-28)27-12-16-41(17-13-27)21-25-10-14-35-15-11-25/h1-9,22-23,25,27,29-30,35H,10-21H2,(H,39,43)(H,36,37,40). The van der Waals surface area contributed by atoms with Gasteiger partial charge in [0.1, 0.15) is 6.33 Å². The van der Waals surface area contributed by atoms with Crippen LogP contribution in [0.3, 0.4) is 0 Å². The normalized spacial score (nSPS) is 21.9. The number of nitrogens with one attached hydrogen (secondary N) is 3. The van der Waals surface area contributed by atoms with E-state index in [2.05, 4.69) is 64.6 Å². The Morgan fingerprint density at radius 1 is 0.907 bits per heavy atom. The van der Waals surface area contributed by atoms with E-state index >= 15 is 0 Å². The number of rotatable bonds is 9. The predicted octanol–water partition coefficient (Wildman–Crippen LogP) is 4.81. The number of likely N-dealkylation sites (tertiary alicyclic amines) is 1. The fraction of sp³-hybridized carbons (Fsp3) is 0.471. The molecule has 1 saturated carbocycles. The molecular formula is C34H42N8O. The summed E-state index contributed by atoms with van der Waals surface area (Å²) < 4.78 is 2.13. The van der Waals surface area contributed by atoms with Crippen LogP contribution in [0.1, 0.15) is 61.6 Å². The average Bonchev–Trinajstić information content (AvgIpc) is 3.45. The molecule has 9 heteroatoms. The van der Waals surface area contributed by atoms with Crippen molar-refractivity contribution in [2.75, 3.05) is 38.0 Å². The maximum Gasteiger partial charge on any atom is 0.224 e. The zero-order chi connectivity index (χ0) is 29.0. The number of amides is 1. The molecule has 1 aliphatic carbocycles. The van der Waals surface area contributed by atoms with Gasteiger partial charge in [-0.25, -0.2) is 15.0 Å². The van der Waals surface area contributed by atoms with E-state index in [1.807, 2.05) is 36.7 Å². The fourth-order valence-corrected chi connectivity index (χ4v) is 7.06. The Morgan fingerprint density at radius 3 is 2.44 bits per heavy atom. The highest BCUT2D eigenvalue weighted by molar-refractivity contribution is 5.85. The van der Waals surface area contributed by atoms with Gasteiger partial charge in [-0.2, -0.15) is 0 Å². The van der Waals surface area contributed by atoms with E-state index in [0.717, 1.165) is 47.0 Å². The van der Waals surface area contributed by atoms with Gasteiger partial charge in [-0.3, -0.25) is 4.79 Å². The van der Waals surface area contributed by atoms with Crippen molar-refractivity contribution in [1.29, 1.82) is 0 Å². The Bertz CT molecular complexity index is 1500. The summed E-state index contributed by atoms with van der Waals surface area (Å²) in [5, 5.41) is 10.1. The van der Waals surface area contributed by atoms with E-state index < -0.39 is 0 Å². The number of nitrogens with zero attached hydrogens (tertiary/aromatic N) is 5. The molecule has 3 N–H and O–H groups in total. The van der Waals surface area contributed by atoms with Gasteiger partial charge >= 0.3 is 0 Å². The van der Waals surface area contributed by atoms with Crippen molar-refractivity contribution in [3.05, 3.63) is 78.4 Å². The molecule has 0 radical (unpaired) electrons. The Balaban J connectivity index is 0.920. The number of aromatic nitrogens is 4. The van der Waals surface area contributed by atoms with Crippen LogP contribution in [0.15, 0.2) is 67.3 Å². The van der Waals surface area contributed by atoms with Crippen LogP contribution in [0.4, 0.5) is 11.5 Å². The maximum absolute atomic E-state index is 12.5. The molecule has 2 saturated heterocycles. The minimum Gasteiger partial charge on any atom is -0.353 e. The first-order valence-electron chi connectivity index (χ1n) is 16.0. The summed E-state index contributed by atoms with van der Waals surface area (Å²) >= 11 is 0. The fourth-order valence-electron chi connectivity index (χ4n) is 7.06. The summed E-state index contributed by atoms with van der Waals surface area (Å²) in [6.45, 7) is 6.05. The van der Waals surface area contributed by atoms with Crippen LogP contribution in [0.25, 0.3) is 11.2 Å². The third-order valence-electron chi connectivity index (χ3n) is 9.65. The number of fused-ring (bicyclic) bond motifs is 1. The molecule has 4 heterocycles. The molecule has 0 spiro atoms. The van der Waals surface area contributed by atoms with Crippen molar-refractivity contribution < 1.29 is 4.79 Å². The third kappa shape index (κ3) is 6.58. The van der Waals surface area contributed by atoms with Gasteiger partial charge in [-0.05, 0) is 99.8 Å². The molecule has 43 heavy (non-hydrogen) atoms. The van der Waals surface area contributed by atoms with E-state index in [0.29, 0.717) is 12.3 Å². The average molecular weight is 579 g/mol. The first-order valence-corrected chi connectivity index (χ1v) is 16.0. The molecule has 3 aliphatic rings. The first kappa shape index (κ1) is 28.0. The summed E-state index contributed by atoms with van der Waals surface area (Å²) in [7, 11) is 0. The Hall–Kier alpha value is -3.82. The van der Waals surface area contributed by atoms with Gasteiger partial charge in [0.25, 0.3) is 0 Å². The minimum absolute atomic E-state index is 0.0723. The quantitative estimate of drug-likeness (QED) is 0.262. The Morgan fingerprint density at radius 2 is 1.67 bits per heavy atom. The number of carbonyl (C=O) groups is 1. The van der Waals surface area contributed by atoms with Crippen LogP contribution >= 0.6 is 0 Å². The number of imidazole rings is 1. The molecule has 1 amide bonds. The van der Waals surface area contributed by atoms with Gasteiger partial charge in [-0.1, -0.05) is 42.5 Å². The van der Waals surface area contributed by atoms with Crippen molar-refractivity contribution in [1.82, 2.24) is 35.1 Å². The monoisotopic (exact) mass is 578 g/mol. The Kier molecular flexibility index (Phi) is 8.34. The van der Waals surface area contributed by atoms with Crippen LogP contribution in [0.2, 0.25) is 0 Å². The zero-order valence-corrected chi connectivity index (χ0v) is 24.8. The first-order chi connectivity index (χ1) is 21.2. The van der Waals surface area contributed by atoms with Gasteiger partial charge in [0.15, 0.2) is 17.0 Å². The summed E-state index contributed by atoms with van der Waals surface area (Å²) in [5.41, 5.74) is 5.06. The third-order valence-corrected chi connectivity index (χ3v) is 9.65. The highest BCUT2D eigenvalue weighted by Crippen LogP contribution is 2.35. The molecule has 2 aliphatic heterocycles. The summed E-state index contributed by atoms with van der Waals surface area (Å²) in [4.78, 5) is 28.9. The van der Waals surface area contributed by atoms with Gasteiger partial charge in [-0.15, -0.1) is 0 Å². The number of piperidine rings is 2. The number of hydrogen-bond donors (Lipinski definition) is 3. The molecule has 7 rings (SSSR count). The van der Waals surface area contributed by atoms with E-state index in [9.17, 15) is 4.79 Å². The van der Waals surface area contributed by atoms with E-state index in [4.69, 9.17) is 0 Å². The number of hydrogen-bond acceptors (Lipinski definition) is 7. The molecular weight excluding hydrogens is 536 g/mol. The minimum atomic E-state index is 0.0723. The Labute approximate surface area is 253 Å². The van der Waals surface area contributed by atoms with Gasteiger partial charge in [0.2, 0.25) is 5.91 Å². The molecule has 0 unspecified atom stereocenters. The maximum atomic E-state index is 12.5. The van der Waals surface area contributed by atoms with Gasteiger partial charge < -0.3 is 25.4 Å². The molecule has 2 aromatic heterocycles. The smallest absolute Gasteiger partial charge is 0.224 e. The predicted molar refractivity (Wildman–Crippen MR) is 169 cm³/mol. The second-order valence-corrected chi connectivity index (χ2v) is 12.6.